The van der Waals surface area contributed by atoms with Gasteiger partial charge < -0.3 is 20.5 Å². The zero-order chi connectivity index (χ0) is 17.4. The highest BCUT2D eigenvalue weighted by Crippen LogP contribution is 2.26. The zero-order valence-electron chi connectivity index (χ0n) is 14.1. The molecule has 1 aromatic carbocycles. The number of carbonyl (C=O) groups excluding carboxylic acids is 2. The number of amides is 2. The molecule has 0 radical (unpaired) electrons. The number of benzene rings is 1. The summed E-state index contributed by atoms with van der Waals surface area (Å²) >= 11 is 0. The molecular formula is C18H26N2O4. The van der Waals surface area contributed by atoms with Gasteiger partial charge in [0.1, 0.15) is 5.75 Å². The van der Waals surface area contributed by atoms with Crippen molar-refractivity contribution in [2.45, 2.75) is 45.1 Å². The molecule has 132 valence electrons. The standard InChI is InChI=1S/C18H26N2O4/c1-2-24-15-10-8-14(9-11-15)20-18(23)17(22)19-12-16(21)13-6-4-3-5-7-13/h8-11,13,16,21H,2-7,12H2,1H3,(H,19,22)(H,20,23). The van der Waals surface area contributed by atoms with E-state index in [0.29, 0.717) is 18.0 Å². The van der Waals surface area contributed by atoms with Crippen molar-refractivity contribution in [1.82, 2.24) is 5.32 Å². The molecule has 6 nitrogen and oxygen atoms in total. The zero-order valence-corrected chi connectivity index (χ0v) is 14.1. The number of carbonyl (C=O) groups is 2. The molecule has 0 aliphatic heterocycles. The molecular weight excluding hydrogens is 308 g/mol. The van der Waals surface area contributed by atoms with E-state index in [9.17, 15) is 14.7 Å². The van der Waals surface area contributed by atoms with Crippen LogP contribution in [0.2, 0.25) is 0 Å². The summed E-state index contributed by atoms with van der Waals surface area (Å²) in [6.07, 6.45) is 4.82. The van der Waals surface area contributed by atoms with Crippen LogP contribution in [-0.2, 0) is 9.59 Å². The summed E-state index contributed by atoms with van der Waals surface area (Å²) in [6.45, 7) is 2.57. The van der Waals surface area contributed by atoms with Crippen molar-refractivity contribution in [3.8, 4) is 5.75 Å². The molecule has 6 heteroatoms. The summed E-state index contributed by atoms with van der Waals surface area (Å²) in [5.41, 5.74) is 0.520. The molecule has 1 saturated carbocycles. The van der Waals surface area contributed by atoms with Crippen LogP contribution < -0.4 is 15.4 Å². The van der Waals surface area contributed by atoms with Crippen LogP contribution in [0.15, 0.2) is 24.3 Å². The minimum atomic E-state index is -0.741. The largest absolute Gasteiger partial charge is 0.494 e. The minimum Gasteiger partial charge on any atom is -0.494 e. The second kappa shape index (κ2) is 9.27. The van der Waals surface area contributed by atoms with Crippen molar-refractivity contribution < 1.29 is 19.4 Å². The van der Waals surface area contributed by atoms with E-state index in [1.54, 1.807) is 24.3 Å². The predicted octanol–water partition coefficient (Wildman–Crippen LogP) is 2.08. The van der Waals surface area contributed by atoms with Crippen LogP contribution in [0, 0.1) is 5.92 Å². The number of ether oxygens (including phenoxy) is 1. The molecule has 1 aliphatic rings. The molecule has 0 saturated heterocycles. The lowest BCUT2D eigenvalue weighted by molar-refractivity contribution is -0.136. The summed E-state index contributed by atoms with van der Waals surface area (Å²) in [4.78, 5) is 23.7. The Morgan fingerprint density at radius 3 is 2.46 bits per heavy atom. The Bertz CT molecular complexity index is 538. The maximum absolute atomic E-state index is 11.9. The first-order valence-electron chi connectivity index (χ1n) is 8.60. The molecule has 0 spiro atoms. The third kappa shape index (κ3) is 5.53. The van der Waals surface area contributed by atoms with Crippen molar-refractivity contribution in [1.29, 1.82) is 0 Å². The number of aliphatic hydroxyl groups is 1. The molecule has 3 N–H and O–H groups in total. The van der Waals surface area contributed by atoms with Crippen molar-refractivity contribution in [3.63, 3.8) is 0 Å². The van der Waals surface area contributed by atoms with Gasteiger partial charge in [-0.05, 0) is 49.9 Å². The summed E-state index contributed by atoms with van der Waals surface area (Å²) in [6, 6.07) is 6.80. The fourth-order valence-corrected chi connectivity index (χ4v) is 2.95. The SMILES string of the molecule is CCOc1ccc(NC(=O)C(=O)NCC(O)C2CCCCC2)cc1. The Hall–Kier alpha value is -2.08. The van der Waals surface area contributed by atoms with Crippen molar-refractivity contribution in [3.05, 3.63) is 24.3 Å². The van der Waals surface area contributed by atoms with Gasteiger partial charge in [-0.15, -0.1) is 0 Å². The Morgan fingerprint density at radius 2 is 1.83 bits per heavy atom. The van der Waals surface area contributed by atoms with E-state index in [1.165, 1.54) is 6.42 Å². The molecule has 24 heavy (non-hydrogen) atoms. The Balaban J connectivity index is 1.76. The van der Waals surface area contributed by atoms with Crippen LogP contribution >= 0.6 is 0 Å². The molecule has 2 amide bonds. The number of hydrogen-bond donors (Lipinski definition) is 3. The van der Waals surface area contributed by atoms with E-state index < -0.39 is 17.9 Å². The van der Waals surface area contributed by atoms with E-state index in [2.05, 4.69) is 10.6 Å². The average molecular weight is 334 g/mol. The molecule has 1 aliphatic carbocycles. The fraction of sp³-hybridized carbons (Fsp3) is 0.556. The molecule has 1 atom stereocenters. The number of aliphatic hydroxyl groups excluding tert-OH is 1. The topological polar surface area (TPSA) is 87.7 Å². The second-order valence-electron chi connectivity index (χ2n) is 6.09. The Labute approximate surface area is 142 Å². The summed E-state index contributed by atoms with van der Waals surface area (Å²) in [5.74, 6) is -0.558. The van der Waals surface area contributed by atoms with Crippen molar-refractivity contribution in [2.24, 2.45) is 5.92 Å². The normalized spacial score (nSPS) is 16.2. The van der Waals surface area contributed by atoms with E-state index in [-0.39, 0.29) is 12.5 Å². The van der Waals surface area contributed by atoms with E-state index in [4.69, 9.17) is 4.74 Å². The number of rotatable bonds is 6. The summed E-state index contributed by atoms with van der Waals surface area (Å²) < 4.78 is 5.32. The summed E-state index contributed by atoms with van der Waals surface area (Å²) in [7, 11) is 0. The Morgan fingerprint density at radius 1 is 1.17 bits per heavy atom. The smallest absolute Gasteiger partial charge is 0.313 e. The van der Waals surface area contributed by atoms with E-state index in [1.807, 2.05) is 6.92 Å². The van der Waals surface area contributed by atoms with Gasteiger partial charge in [0.05, 0.1) is 12.7 Å². The lowest BCUT2D eigenvalue weighted by Gasteiger charge is -2.26. The highest BCUT2D eigenvalue weighted by molar-refractivity contribution is 6.39. The van der Waals surface area contributed by atoms with Gasteiger partial charge in [-0.25, -0.2) is 0 Å². The third-order valence-corrected chi connectivity index (χ3v) is 4.30. The first-order chi connectivity index (χ1) is 11.6. The van der Waals surface area contributed by atoms with Crippen molar-refractivity contribution >= 4 is 17.5 Å². The molecule has 0 bridgehead atoms. The second-order valence-corrected chi connectivity index (χ2v) is 6.09. The fourth-order valence-electron chi connectivity index (χ4n) is 2.95. The monoisotopic (exact) mass is 334 g/mol. The third-order valence-electron chi connectivity index (χ3n) is 4.30. The molecule has 1 aromatic rings. The van der Waals surface area contributed by atoms with Gasteiger partial charge in [0.25, 0.3) is 0 Å². The molecule has 2 rings (SSSR count). The number of hydrogen-bond acceptors (Lipinski definition) is 4. The van der Waals surface area contributed by atoms with Gasteiger partial charge in [-0.2, -0.15) is 0 Å². The highest BCUT2D eigenvalue weighted by Gasteiger charge is 2.23. The van der Waals surface area contributed by atoms with Crippen molar-refractivity contribution in [2.75, 3.05) is 18.5 Å². The molecule has 0 aromatic heterocycles. The maximum Gasteiger partial charge on any atom is 0.313 e. The molecule has 1 fully saturated rings. The Kier molecular flexibility index (Phi) is 7.06. The van der Waals surface area contributed by atoms with Crippen LogP contribution in [0.3, 0.4) is 0 Å². The quantitative estimate of drug-likeness (QED) is 0.695. The van der Waals surface area contributed by atoms with Crippen LogP contribution in [0.1, 0.15) is 39.0 Å². The van der Waals surface area contributed by atoms with Crippen LogP contribution in [0.5, 0.6) is 5.75 Å². The minimum absolute atomic E-state index is 0.111. The van der Waals surface area contributed by atoms with Gasteiger partial charge in [0.2, 0.25) is 0 Å². The van der Waals surface area contributed by atoms with E-state index in [0.717, 1.165) is 25.7 Å². The number of nitrogens with one attached hydrogen (secondary N) is 2. The summed E-state index contributed by atoms with van der Waals surface area (Å²) in [5, 5.41) is 15.1. The first-order valence-corrected chi connectivity index (χ1v) is 8.60. The maximum atomic E-state index is 11.9. The first kappa shape index (κ1) is 18.3. The predicted molar refractivity (Wildman–Crippen MR) is 91.8 cm³/mol. The van der Waals surface area contributed by atoms with E-state index >= 15 is 0 Å². The highest BCUT2D eigenvalue weighted by atomic mass is 16.5. The van der Waals surface area contributed by atoms with Gasteiger partial charge in [0, 0.05) is 12.2 Å². The van der Waals surface area contributed by atoms with Gasteiger partial charge in [-0.1, -0.05) is 19.3 Å². The van der Waals surface area contributed by atoms with Crippen LogP contribution in [0.25, 0.3) is 0 Å². The lowest BCUT2D eigenvalue weighted by atomic mass is 9.85. The van der Waals surface area contributed by atoms with Gasteiger partial charge in [-0.3, -0.25) is 9.59 Å². The molecule has 0 heterocycles. The molecule has 1 unspecified atom stereocenters. The lowest BCUT2D eigenvalue weighted by Crippen LogP contribution is -2.42. The number of anilines is 1. The average Bonchev–Trinajstić information content (AvgIpc) is 2.62. The van der Waals surface area contributed by atoms with Crippen LogP contribution in [0.4, 0.5) is 5.69 Å². The van der Waals surface area contributed by atoms with Crippen LogP contribution in [-0.4, -0.2) is 36.2 Å². The van der Waals surface area contributed by atoms with Gasteiger partial charge in [0.15, 0.2) is 0 Å². The van der Waals surface area contributed by atoms with Gasteiger partial charge >= 0.3 is 11.8 Å².